The van der Waals surface area contributed by atoms with E-state index in [0.717, 1.165) is 43.2 Å². The van der Waals surface area contributed by atoms with Gasteiger partial charge in [-0.25, -0.2) is 9.48 Å². The average molecular weight is 557 g/mol. The number of nitrogens with one attached hydrogen (secondary N) is 1. The Morgan fingerprint density at radius 3 is 2.49 bits per heavy atom. The van der Waals surface area contributed by atoms with Crippen molar-refractivity contribution in [3.63, 3.8) is 0 Å². The van der Waals surface area contributed by atoms with Gasteiger partial charge in [-0.1, -0.05) is 50.0 Å². The molecule has 216 valence electrons. The van der Waals surface area contributed by atoms with Gasteiger partial charge in [-0.3, -0.25) is 0 Å². The summed E-state index contributed by atoms with van der Waals surface area (Å²) in [4.78, 5) is 14.8. The molecule has 0 spiro atoms. The molecule has 1 unspecified atom stereocenters. The predicted octanol–water partition coefficient (Wildman–Crippen LogP) is 5.75. The third kappa shape index (κ3) is 7.93. The van der Waals surface area contributed by atoms with Crippen LogP contribution in [0.25, 0.3) is 0 Å². The summed E-state index contributed by atoms with van der Waals surface area (Å²) in [5.74, 6) is 0. The van der Waals surface area contributed by atoms with Crippen molar-refractivity contribution in [1.82, 2.24) is 20.0 Å². The second-order valence-corrected chi connectivity index (χ2v) is 19.0. The molecule has 1 aliphatic carbocycles. The fraction of sp³-hybridized carbons (Fsp3) is 0.667. The van der Waals surface area contributed by atoms with Crippen LogP contribution in [0.5, 0.6) is 0 Å². The minimum atomic E-state index is -1.17. The topological polar surface area (TPSA) is 77.9 Å². The summed E-state index contributed by atoms with van der Waals surface area (Å²) in [6.45, 7) is 16.4. The molecule has 4 rings (SSSR count). The van der Waals surface area contributed by atoms with E-state index in [0.29, 0.717) is 33.0 Å². The van der Waals surface area contributed by atoms with Crippen LogP contribution < -0.4 is 5.32 Å². The first-order valence-corrected chi connectivity index (χ1v) is 18.0. The molecule has 8 nitrogen and oxygen atoms in total. The van der Waals surface area contributed by atoms with Gasteiger partial charge in [0.25, 0.3) is 0 Å². The number of carbonyl (C=O) groups excluding carboxylic acids is 1. The monoisotopic (exact) mass is 556 g/mol. The predicted molar refractivity (Wildman–Crippen MR) is 156 cm³/mol. The van der Waals surface area contributed by atoms with Crippen LogP contribution in [-0.4, -0.2) is 61.3 Å². The molecule has 0 saturated heterocycles. The van der Waals surface area contributed by atoms with Crippen molar-refractivity contribution in [2.75, 3.05) is 26.8 Å². The minimum Gasteiger partial charge on any atom is -0.444 e. The number of rotatable bonds is 12. The molecule has 0 radical (unpaired) electrons. The van der Waals surface area contributed by atoms with Gasteiger partial charge in [0, 0.05) is 44.3 Å². The van der Waals surface area contributed by atoms with Gasteiger partial charge in [0.05, 0.1) is 31.5 Å². The Labute approximate surface area is 235 Å². The van der Waals surface area contributed by atoms with Gasteiger partial charge in [0.2, 0.25) is 0 Å². The van der Waals surface area contributed by atoms with Gasteiger partial charge in [-0.2, -0.15) is 5.10 Å². The number of fused-ring (bicyclic) bond motifs is 1. The number of aromatic nitrogens is 2. The zero-order valence-corrected chi connectivity index (χ0v) is 26.0. The summed E-state index contributed by atoms with van der Waals surface area (Å²) < 4.78 is 20.1. The number of carbonyl (C=O) groups is 1. The van der Waals surface area contributed by atoms with E-state index in [-0.39, 0.29) is 17.6 Å². The quantitative estimate of drug-likeness (QED) is 0.265. The van der Waals surface area contributed by atoms with Crippen LogP contribution >= 0.6 is 0 Å². The highest BCUT2D eigenvalue weighted by molar-refractivity contribution is 6.76. The van der Waals surface area contributed by atoms with Crippen molar-refractivity contribution in [2.45, 2.75) is 97.2 Å². The average Bonchev–Trinajstić information content (AvgIpc) is 3.55. The Hall–Kier alpha value is -2.20. The van der Waals surface area contributed by atoms with Crippen molar-refractivity contribution < 1.29 is 19.0 Å². The normalized spacial score (nSPS) is 17.6. The molecule has 1 N–H and O–H groups in total. The lowest BCUT2D eigenvalue weighted by molar-refractivity contribution is 0.0217. The van der Waals surface area contributed by atoms with Crippen LogP contribution in [0.1, 0.15) is 62.2 Å². The van der Waals surface area contributed by atoms with Gasteiger partial charge < -0.3 is 24.4 Å². The first-order valence-electron chi connectivity index (χ1n) is 14.3. The number of hydrogen-bond acceptors (Lipinski definition) is 6. The molecule has 2 heterocycles. The number of nitrogens with zero attached hydrogens (tertiary/aromatic N) is 3. The van der Waals surface area contributed by atoms with E-state index < -0.39 is 13.7 Å². The molecule has 2 aliphatic rings. The lowest BCUT2D eigenvalue weighted by atomic mass is 9.90. The van der Waals surface area contributed by atoms with Crippen LogP contribution in [0.15, 0.2) is 30.3 Å². The molecule has 1 aliphatic heterocycles. The third-order valence-corrected chi connectivity index (χ3v) is 9.30. The lowest BCUT2D eigenvalue weighted by Crippen LogP contribution is -2.40. The van der Waals surface area contributed by atoms with Gasteiger partial charge >= 0.3 is 6.09 Å². The highest BCUT2D eigenvalue weighted by Crippen LogP contribution is 2.55. The molecule has 1 aromatic heterocycles. The van der Waals surface area contributed by atoms with Gasteiger partial charge in [0.15, 0.2) is 0 Å². The minimum absolute atomic E-state index is 0.0105. The summed E-state index contributed by atoms with van der Waals surface area (Å²) >= 11 is 0. The zero-order valence-electron chi connectivity index (χ0n) is 25.0. The van der Waals surface area contributed by atoms with Crippen LogP contribution in [0.2, 0.25) is 25.7 Å². The van der Waals surface area contributed by atoms with Crippen molar-refractivity contribution in [3.05, 3.63) is 52.8 Å². The fourth-order valence-corrected chi connectivity index (χ4v) is 5.98. The molecular weight excluding hydrogens is 508 g/mol. The molecule has 1 fully saturated rings. The van der Waals surface area contributed by atoms with Crippen molar-refractivity contribution >= 4 is 14.2 Å². The van der Waals surface area contributed by atoms with Crippen LogP contribution in [0, 0.1) is 5.41 Å². The lowest BCUT2D eigenvalue weighted by Gasteiger charge is -2.32. The first-order chi connectivity index (χ1) is 18.4. The fourth-order valence-electron chi connectivity index (χ4n) is 5.22. The van der Waals surface area contributed by atoms with E-state index in [1.807, 2.05) is 55.6 Å². The summed E-state index contributed by atoms with van der Waals surface area (Å²) in [5.41, 5.74) is 3.93. The highest BCUT2D eigenvalue weighted by Gasteiger charge is 2.52. The number of amides is 1. The molecule has 39 heavy (non-hydrogen) atoms. The second kappa shape index (κ2) is 12.1. The summed E-state index contributed by atoms with van der Waals surface area (Å²) in [7, 11) is 0.832. The summed E-state index contributed by atoms with van der Waals surface area (Å²) in [5, 5.41) is 8.72. The number of hydrogen-bond donors (Lipinski definition) is 1. The standard InChI is InChI=1S/C30H48N4O4Si/c1-29(2,3)38-28(35)33-16-13-25-24(19-33)26(32-34(25)22-36-17-18-39(5,6)7)27(31-4)30(14-15-30)21-37-20-23-11-9-8-10-12-23/h8-12,27,31H,13-22H2,1-7H3. The number of ether oxygens (including phenoxy) is 3. The van der Waals surface area contributed by atoms with E-state index in [9.17, 15) is 4.79 Å². The van der Waals surface area contributed by atoms with Crippen molar-refractivity contribution in [2.24, 2.45) is 5.41 Å². The maximum atomic E-state index is 13.0. The van der Waals surface area contributed by atoms with Gasteiger partial charge in [-0.15, -0.1) is 0 Å². The maximum absolute atomic E-state index is 13.0. The second-order valence-electron chi connectivity index (χ2n) is 13.4. The van der Waals surface area contributed by atoms with E-state index >= 15 is 0 Å². The summed E-state index contributed by atoms with van der Waals surface area (Å²) in [6.07, 6.45) is 2.62. The van der Waals surface area contributed by atoms with Crippen LogP contribution in [0.4, 0.5) is 4.79 Å². The largest absolute Gasteiger partial charge is 0.444 e. The molecule has 1 atom stereocenters. The van der Waals surface area contributed by atoms with E-state index in [1.54, 1.807) is 0 Å². The molecular formula is C30H48N4O4Si. The molecule has 9 heteroatoms. The zero-order chi connectivity index (χ0) is 28.3. The first kappa shape index (κ1) is 29.8. The number of benzene rings is 1. The maximum Gasteiger partial charge on any atom is 0.410 e. The Bertz CT molecular complexity index is 1100. The Morgan fingerprint density at radius 1 is 1.15 bits per heavy atom. The smallest absolute Gasteiger partial charge is 0.410 e. The Kier molecular flexibility index (Phi) is 9.25. The summed E-state index contributed by atoms with van der Waals surface area (Å²) in [6, 6.07) is 11.5. The van der Waals surface area contributed by atoms with E-state index in [1.165, 1.54) is 11.3 Å². The van der Waals surface area contributed by atoms with Gasteiger partial charge in [-0.05, 0) is 52.3 Å². The molecule has 1 amide bonds. The van der Waals surface area contributed by atoms with Crippen molar-refractivity contribution in [1.29, 1.82) is 0 Å². The molecule has 1 saturated carbocycles. The van der Waals surface area contributed by atoms with E-state index in [2.05, 4.69) is 37.1 Å². The van der Waals surface area contributed by atoms with Crippen LogP contribution in [0.3, 0.4) is 0 Å². The Balaban J connectivity index is 1.54. The molecule has 2 aromatic rings. The highest BCUT2D eigenvalue weighted by atomic mass is 28.3. The Morgan fingerprint density at radius 2 is 1.87 bits per heavy atom. The van der Waals surface area contributed by atoms with E-state index in [4.69, 9.17) is 19.3 Å². The van der Waals surface area contributed by atoms with Gasteiger partial charge in [0.1, 0.15) is 12.3 Å². The van der Waals surface area contributed by atoms with Crippen molar-refractivity contribution in [3.8, 4) is 0 Å². The SMILES string of the molecule is CNC(c1nn(COCC[Si](C)(C)C)c2c1CN(C(=O)OC(C)(C)C)CC2)C1(COCc2ccccc2)CC1. The molecule has 1 aromatic carbocycles. The third-order valence-electron chi connectivity index (χ3n) is 7.59. The van der Waals surface area contributed by atoms with Crippen LogP contribution in [-0.2, 0) is 40.5 Å². The molecule has 0 bridgehead atoms.